The van der Waals surface area contributed by atoms with Crippen molar-refractivity contribution in [3.8, 4) is 5.75 Å². The van der Waals surface area contributed by atoms with Crippen LogP contribution in [0.3, 0.4) is 0 Å². The lowest BCUT2D eigenvalue weighted by Gasteiger charge is -2.12. The van der Waals surface area contributed by atoms with Crippen LogP contribution < -0.4 is 4.74 Å². The number of nitrogens with zero attached hydrogens (tertiary/aromatic N) is 2. The Bertz CT molecular complexity index is 595. The van der Waals surface area contributed by atoms with Gasteiger partial charge in [0.1, 0.15) is 5.75 Å². The molecule has 0 saturated heterocycles. The second-order valence-corrected chi connectivity index (χ2v) is 5.01. The average molecular weight is 293 g/mol. The Morgan fingerprint density at radius 3 is 3.00 bits per heavy atom. The van der Waals surface area contributed by atoms with Crippen LogP contribution >= 0.6 is 11.6 Å². The highest BCUT2D eigenvalue weighted by atomic mass is 35.5. The van der Waals surface area contributed by atoms with E-state index in [2.05, 4.69) is 12.0 Å². The maximum Gasteiger partial charge on any atom is 0.206 e. The zero-order chi connectivity index (χ0) is 14.5. The number of rotatable bonds is 6. The summed E-state index contributed by atoms with van der Waals surface area (Å²) < 4.78 is 7.37. The van der Waals surface area contributed by atoms with Gasteiger partial charge >= 0.3 is 0 Å². The molecule has 0 bridgehead atoms. The summed E-state index contributed by atoms with van der Waals surface area (Å²) in [5.41, 5.74) is 0.563. The van der Waals surface area contributed by atoms with Gasteiger partial charge in [0.25, 0.3) is 0 Å². The molecule has 1 atom stereocenters. The predicted octanol–water partition coefficient (Wildman–Crippen LogP) is 3.60. The minimum absolute atomic E-state index is 0.0904. The first kappa shape index (κ1) is 14.6. The first-order valence-corrected chi connectivity index (χ1v) is 6.97. The molecule has 0 aliphatic heterocycles. The van der Waals surface area contributed by atoms with Crippen molar-refractivity contribution >= 4 is 17.4 Å². The minimum atomic E-state index is -0.576. The molecule has 5 heteroatoms. The first-order chi connectivity index (χ1) is 9.60. The Morgan fingerprint density at radius 2 is 2.30 bits per heavy atom. The molecule has 0 N–H and O–H groups in total. The summed E-state index contributed by atoms with van der Waals surface area (Å²) in [4.78, 5) is 12.2. The predicted molar refractivity (Wildman–Crippen MR) is 78.4 cm³/mol. The minimum Gasteiger partial charge on any atom is -0.483 e. The number of carbonyl (C=O) groups excluding carboxylic acids is 1. The van der Waals surface area contributed by atoms with Gasteiger partial charge in [0.2, 0.25) is 5.78 Å². The zero-order valence-electron chi connectivity index (χ0n) is 11.5. The van der Waals surface area contributed by atoms with Gasteiger partial charge in [-0.25, -0.2) is 0 Å². The molecule has 106 valence electrons. The van der Waals surface area contributed by atoms with E-state index in [1.807, 2.05) is 0 Å². The third kappa shape index (κ3) is 3.61. The molecule has 1 aromatic carbocycles. The van der Waals surface area contributed by atoms with Crippen molar-refractivity contribution in [1.82, 2.24) is 9.78 Å². The molecule has 0 amide bonds. The highest BCUT2D eigenvalue weighted by Crippen LogP contribution is 2.19. The molecule has 0 fully saturated rings. The largest absolute Gasteiger partial charge is 0.483 e. The smallest absolute Gasteiger partial charge is 0.206 e. The van der Waals surface area contributed by atoms with Gasteiger partial charge in [-0.3, -0.25) is 9.48 Å². The standard InChI is InChI=1S/C15H17ClN2O2/c1-3-7-18-10-12(9-17-18)15(19)11(2)20-14-6-4-5-13(16)8-14/h4-6,8-11H,3,7H2,1-2H3. The molecular formula is C15H17ClN2O2. The number of ether oxygens (including phenoxy) is 1. The van der Waals surface area contributed by atoms with Gasteiger partial charge in [0, 0.05) is 17.8 Å². The Labute approximate surface area is 123 Å². The van der Waals surface area contributed by atoms with Gasteiger partial charge in [0.15, 0.2) is 6.10 Å². The number of aryl methyl sites for hydroxylation is 1. The Morgan fingerprint density at radius 1 is 1.50 bits per heavy atom. The Balaban J connectivity index is 2.04. The number of hydrogen-bond acceptors (Lipinski definition) is 3. The molecule has 0 spiro atoms. The number of carbonyl (C=O) groups is 1. The molecule has 0 saturated carbocycles. The molecular weight excluding hydrogens is 276 g/mol. The lowest BCUT2D eigenvalue weighted by molar-refractivity contribution is 0.0818. The Kier molecular flexibility index (Phi) is 4.79. The van der Waals surface area contributed by atoms with Crippen LogP contribution in [0, 0.1) is 0 Å². The van der Waals surface area contributed by atoms with Crippen LogP contribution in [0.15, 0.2) is 36.7 Å². The molecule has 2 aromatic rings. The van der Waals surface area contributed by atoms with Crippen LogP contribution in [0.5, 0.6) is 5.75 Å². The number of benzene rings is 1. The number of halogens is 1. The molecule has 1 unspecified atom stereocenters. The third-order valence-corrected chi connectivity index (χ3v) is 3.08. The number of aromatic nitrogens is 2. The summed E-state index contributed by atoms with van der Waals surface area (Å²) in [5, 5.41) is 4.73. The topological polar surface area (TPSA) is 44.1 Å². The summed E-state index contributed by atoms with van der Waals surface area (Å²) in [7, 11) is 0. The van der Waals surface area contributed by atoms with E-state index in [0.29, 0.717) is 16.3 Å². The summed E-state index contributed by atoms with van der Waals surface area (Å²) in [6.07, 6.45) is 3.73. The van der Waals surface area contributed by atoms with Crippen molar-refractivity contribution in [2.24, 2.45) is 0 Å². The maximum atomic E-state index is 12.2. The number of Topliss-reactive ketones (excluding diaryl/α,β-unsaturated/α-hetero) is 1. The lowest BCUT2D eigenvalue weighted by Crippen LogP contribution is -2.23. The molecule has 1 heterocycles. The fourth-order valence-corrected chi connectivity index (χ4v) is 2.06. The van der Waals surface area contributed by atoms with E-state index in [1.54, 1.807) is 48.3 Å². The van der Waals surface area contributed by atoms with Crippen LogP contribution in [0.25, 0.3) is 0 Å². The number of hydrogen-bond donors (Lipinski definition) is 0. The normalized spacial score (nSPS) is 12.2. The van der Waals surface area contributed by atoms with E-state index in [1.165, 1.54) is 0 Å². The summed E-state index contributed by atoms with van der Waals surface area (Å²) >= 11 is 5.88. The average Bonchev–Trinajstić information content (AvgIpc) is 2.87. The van der Waals surface area contributed by atoms with Crippen molar-refractivity contribution in [3.05, 3.63) is 47.2 Å². The van der Waals surface area contributed by atoms with Crippen LogP contribution in [0.2, 0.25) is 5.02 Å². The molecule has 0 aliphatic carbocycles. The van der Waals surface area contributed by atoms with Gasteiger partial charge in [-0.2, -0.15) is 5.10 Å². The van der Waals surface area contributed by atoms with Gasteiger partial charge in [-0.1, -0.05) is 24.6 Å². The van der Waals surface area contributed by atoms with Gasteiger partial charge in [0.05, 0.1) is 11.8 Å². The maximum absolute atomic E-state index is 12.2. The third-order valence-electron chi connectivity index (χ3n) is 2.85. The fraction of sp³-hybridized carbons (Fsp3) is 0.333. The van der Waals surface area contributed by atoms with E-state index in [-0.39, 0.29) is 5.78 Å². The highest BCUT2D eigenvalue weighted by molar-refractivity contribution is 6.30. The first-order valence-electron chi connectivity index (χ1n) is 6.59. The zero-order valence-corrected chi connectivity index (χ0v) is 12.3. The molecule has 20 heavy (non-hydrogen) atoms. The van der Waals surface area contributed by atoms with Crippen LogP contribution in [0.4, 0.5) is 0 Å². The fourth-order valence-electron chi connectivity index (χ4n) is 1.87. The van der Waals surface area contributed by atoms with E-state index < -0.39 is 6.10 Å². The van der Waals surface area contributed by atoms with Crippen molar-refractivity contribution in [3.63, 3.8) is 0 Å². The van der Waals surface area contributed by atoms with E-state index in [0.717, 1.165) is 13.0 Å². The lowest BCUT2D eigenvalue weighted by atomic mass is 10.1. The van der Waals surface area contributed by atoms with E-state index in [4.69, 9.17) is 16.3 Å². The van der Waals surface area contributed by atoms with Crippen LogP contribution in [-0.2, 0) is 6.54 Å². The van der Waals surface area contributed by atoms with E-state index in [9.17, 15) is 4.79 Å². The van der Waals surface area contributed by atoms with Gasteiger partial charge in [-0.05, 0) is 31.5 Å². The van der Waals surface area contributed by atoms with Crippen molar-refractivity contribution in [1.29, 1.82) is 0 Å². The molecule has 0 aliphatic rings. The van der Waals surface area contributed by atoms with Crippen molar-refractivity contribution in [2.45, 2.75) is 32.9 Å². The van der Waals surface area contributed by atoms with Crippen molar-refractivity contribution in [2.75, 3.05) is 0 Å². The molecule has 1 aromatic heterocycles. The van der Waals surface area contributed by atoms with Gasteiger partial charge in [-0.15, -0.1) is 0 Å². The second-order valence-electron chi connectivity index (χ2n) is 4.57. The molecule has 2 rings (SSSR count). The summed E-state index contributed by atoms with van der Waals surface area (Å²) in [5.74, 6) is 0.492. The van der Waals surface area contributed by atoms with Crippen LogP contribution in [0.1, 0.15) is 30.6 Å². The highest BCUT2D eigenvalue weighted by Gasteiger charge is 2.18. The SMILES string of the molecule is CCCn1cc(C(=O)C(C)Oc2cccc(Cl)c2)cn1. The Hall–Kier alpha value is -1.81. The second kappa shape index (κ2) is 6.57. The summed E-state index contributed by atoms with van der Waals surface area (Å²) in [6.45, 7) is 4.59. The van der Waals surface area contributed by atoms with E-state index >= 15 is 0 Å². The molecule has 0 radical (unpaired) electrons. The number of ketones is 1. The molecule has 4 nitrogen and oxygen atoms in total. The monoisotopic (exact) mass is 292 g/mol. The van der Waals surface area contributed by atoms with Crippen molar-refractivity contribution < 1.29 is 9.53 Å². The van der Waals surface area contributed by atoms with Gasteiger partial charge < -0.3 is 4.74 Å². The van der Waals surface area contributed by atoms with Crippen LogP contribution in [-0.4, -0.2) is 21.7 Å². The quantitative estimate of drug-likeness (QED) is 0.764. The summed E-state index contributed by atoms with van der Waals surface area (Å²) in [6, 6.07) is 7.01.